The average Bonchev–Trinajstić information content (AvgIpc) is 3.01. The highest BCUT2D eigenvalue weighted by Crippen LogP contribution is 2.36. The lowest BCUT2D eigenvalue weighted by molar-refractivity contribution is 0.367. The van der Waals surface area contributed by atoms with Gasteiger partial charge in [0.1, 0.15) is 0 Å². The molecule has 7 heteroatoms. The molecule has 1 aromatic heterocycles. The molecule has 1 fully saturated rings. The first-order chi connectivity index (χ1) is 12.1. The molecular formula is C18H23N3O3S. The van der Waals surface area contributed by atoms with Crippen LogP contribution in [0.5, 0.6) is 17.2 Å². The van der Waals surface area contributed by atoms with Crippen LogP contribution in [0.1, 0.15) is 50.3 Å². The highest BCUT2D eigenvalue weighted by atomic mass is 32.1. The molecule has 25 heavy (non-hydrogen) atoms. The second-order valence-electron chi connectivity index (χ2n) is 6.21. The molecule has 1 aliphatic carbocycles. The van der Waals surface area contributed by atoms with Gasteiger partial charge in [-0.25, -0.2) is 4.68 Å². The molecule has 134 valence electrons. The van der Waals surface area contributed by atoms with Crippen LogP contribution < -0.4 is 4.80 Å². The lowest BCUT2D eigenvalue weighted by Gasteiger charge is -2.16. The van der Waals surface area contributed by atoms with Crippen LogP contribution in [0.4, 0.5) is 0 Å². The van der Waals surface area contributed by atoms with Crippen LogP contribution >= 0.6 is 11.3 Å². The Labute approximate surface area is 150 Å². The van der Waals surface area contributed by atoms with Crippen LogP contribution in [0.3, 0.4) is 0 Å². The summed E-state index contributed by atoms with van der Waals surface area (Å²) >= 11 is 1.57. The van der Waals surface area contributed by atoms with E-state index in [2.05, 4.69) is 12.0 Å². The average molecular weight is 361 g/mol. The molecular weight excluding hydrogens is 338 g/mol. The Bertz CT molecular complexity index is 833. The van der Waals surface area contributed by atoms with Gasteiger partial charge in [0.05, 0.1) is 18.0 Å². The number of hydrogen-bond donors (Lipinski definition) is 3. The Morgan fingerprint density at radius 1 is 1.16 bits per heavy atom. The monoisotopic (exact) mass is 361 g/mol. The normalized spacial score (nSPS) is 16.8. The van der Waals surface area contributed by atoms with Crippen LogP contribution in [0.2, 0.25) is 0 Å². The molecule has 1 aromatic carbocycles. The van der Waals surface area contributed by atoms with E-state index in [0.29, 0.717) is 11.6 Å². The number of aromatic nitrogens is 1. The molecule has 3 N–H and O–H groups in total. The molecule has 0 radical (unpaired) electrons. The summed E-state index contributed by atoms with van der Waals surface area (Å²) in [5.41, 5.74) is 1.37. The maximum Gasteiger partial charge on any atom is 0.206 e. The predicted molar refractivity (Wildman–Crippen MR) is 98.6 cm³/mol. The topological polar surface area (TPSA) is 90.3 Å². The molecule has 3 rings (SSSR count). The van der Waals surface area contributed by atoms with Crippen LogP contribution in [0.15, 0.2) is 27.6 Å². The number of phenols is 3. The van der Waals surface area contributed by atoms with Gasteiger partial charge in [-0.2, -0.15) is 5.10 Å². The number of aromatic hydroxyl groups is 3. The van der Waals surface area contributed by atoms with Gasteiger partial charge in [0, 0.05) is 10.9 Å². The summed E-state index contributed by atoms with van der Waals surface area (Å²) in [5, 5.41) is 35.5. The zero-order chi connectivity index (χ0) is 17.8. The van der Waals surface area contributed by atoms with Crippen molar-refractivity contribution in [3.63, 3.8) is 0 Å². The second kappa shape index (κ2) is 7.74. The zero-order valence-electron chi connectivity index (χ0n) is 14.2. The Hall–Kier alpha value is -2.28. The molecule has 0 spiro atoms. The largest absolute Gasteiger partial charge is 0.504 e. The maximum atomic E-state index is 9.93. The number of phenolic OH excluding ortho intramolecular Hbond substituents is 3. The first kappa shape index (κ1) is 17.5. The van der Waals surface area contributed by atoms with Gasteiger partial charge in [0.25, 0.3) is 0 Å². The van der Waals surface area contributed by atoms with E-state index in [-0.39, 0.29) is 11.5 Å². The molecule has 0 saturated heterocycles. The molecule has 0 unspecified atom stereocenters. The number of benzene rings is 1. The van der Waals surface area contributed by atoms with Crippen LogP contribution in [-0.2, 0) is 6.42 Å². The maximum absolute atomic E-state index is 9.93. The summed E-state index contributed by atoms with van der Waals surface area (Å²) in [7, 11) is 0. The van der Waals surface area contributed by atoms with Gasteiger partial charge in [0.15, 0.2) is 11.5 Å². The van der Waals surface area contributed by atoms with E-state index in [1.54, 1.807) is 16.0 Å². The summed E-state index contributed by atoms with van der Waals surface area (Å²) in [6.45, 7) is 2.06. The number of nitrogens with zero attached hydrogens (tertiary/aromatic N) is 3. The number of hydrogen-bond acceptors (Lipinski definition) is 6. The first-order valence-electron chi connectivity index (χ1n) is 8.61. The Balaban J connectivity index is 1.95. The highest BCUT2D eigenvalue weighted by Gasteiger charge is 2.13. The number of aryl methyl sites for hydroxylation is 1. The fourth-order valence-corrected chi connectivity index (χ4v) is 3.94. The highest BCUT2D eigenvalue weighted by molar-refractivity contribution is 7.07. The van der Waals surface area contributed by atoms with Crippen molar-refractivity contribution in [1.82, 2.24) is 4.68 Å². The summed E-state index contributed by atoms with van der Waals surface area (Å²) in [4.78, 5) is 5.72. The van der Waals surface area contributed by atoms with Gasteiger partial charge in [-0.1, -0.05) is 26.2 Å². The molecule has 0 aliphatic heterocycles. The van der Waals surface area contributed by atoms with Crippen molar-refractivity contribution < 1.29 is 15.3 Å². The van der Waals surface area contributed by atoms with Crippen molar-refractivity contribution in [1.29, 1.82) is 0 Å². The minimum absolute atomic E-state index is 0.333. The van der Waals surface area contributed by atoms with E-state index in [4.69, 9.17) is 4.99 Å². The summed E-state index contributed by atoms with van der Waals surface area (Å²) in [6, 6.07) is 3.18. The van der Waals surface area contributed by atoms with Crippen molar-refractivity contribution in [3.8, 4) is 17.2 Å². The van der Waals surface area contributed by atoms with Gasteiger partial charge in [0.2, 0.25) is 10.6 Å². The van der Waals surface area contributed by atoms with Gasteiger partial charge >= 0.3 is 0 Å². The molecule has 1 aliphatic rings. The summed E-state index contributed by atoms with van der Waals surface area (Å²) < 4.78 is 1.79. The van der Waals surface area contributed by atoms with Gasteiger partial charge in [-0.15, -0.1) is 11.3 Å². The van der Waals surface area contributed by atoms with Crippen LogP contribution in [0, 0.1) is 0 Å². The third-order valence-electron chi connectivity index (χ3n) is 4.46. The quantitative estimate of drug-likeness (QED) is 0.576. The van der Waals surface area contributed by atoms with Gasteiger partial charge in [-0.05, 0) is 31.4 Å². The van der Waals surface area contributed by atoms with E-state index in [1.165, 1.54) is 37.6 Å². The van der Waals surface area contributed by atoms with Crippen molar-refractivity contribution in [2.24, 2.45) is 10.1 Å². The van der Waals surface area contributed by atoms with Crippen molar-refractivity contribution >= 4 is 17.6 Å². The van der Waals surface area contributed by atoms with E-state index < -0.39 is 5.75 Å². The fraction of sp³-hybridized carbons (Fsp3) is 0.444. The predicted octanol–water partition coefficient (Wildman–Crippen LogP) is 3.34. The van der Waals surface area contributed by atoms with Crippen LogP contribution in [0.25, 0.3) is 0 Å². The fourth-order valence-electron chi connectivity index (χ4n) is 2.96. The molecule has 1 saturated carbocycles. The smallest absolute Gasteiger partial charge is 0.206 e. The molecule has 2 aromatic rings. The first-order valence-corrected chi connectivity index (χ1v) is 9.49. The third kappa shape index (κ3) is 3.87. The SMILES string of the molecule is CCc1csc(=NC2CCCCC2)n1/N=C/c1ccc(O)c(O)c1O. The van der Waals surface area contributed by atoms with E-state index in [1.807, 2.05) is 5.38 Å². The Morgan fingerprint density at radius 3 is 2.64 bits per heavy atom. The van der Waals surface area contributed by atoms with Crippen molar-refractivity contribution in [2.45, 2.75) is 51.5 Å². The molecule has 6 nitrogen and oxygen atoms in total. The van der Waals surface area contributed by atoms with Crippen LogP contribution in [-0.4, -0.2) is 32.3 Å². The minimum Gasteiger partial charge on any atom is -0.504 e. The minimum atomic E-state index is -0.540. The van der Waals surface area contributed by atoms with E-state index in [0.717, 1.165) is 29.8 Å². The Morgan fingerprint density at radius 2 is 1.92 bits per heavy atom. The standard InChI is InChI=1S/C18H23N3O3S/c1-2-14-11-25-18(20-13-6-4-3-5-7-13)21(14)19-10-12-8-9-15(22)17(24)16(12)23/h8-11,13,22-24H,2-7H2,1H3/b19-10+,20-18?. The molecule has 0 amide bonds. The lowest BCUT2D eigenvalue weighted by Crippen LogP contribution is -2.19. The van der Waals surface area contributed by atoms with Crippen molar-refractivity contribution in [2.75, 3.05) is 0 Å². The van der Waals surface area contributed by atoms with Gasteiger partial charge in [-0.3, -0.25) is 4.99 Å². The summed E-state index contributed by atoms with van der Waals surface area (Å²) in [5.74, 6) is -1.29. The number of rotatable bonds is 4. The Kier molecular flexibility index (Phi) is 5.43. The summed E-state index contributed by atoms with van der Waals surface area (Å²) in [6.07, 6.45) is 8.28. The second-order valence-corrected chi connectivity index (χ2v) is 7.05. The van der Waals surface area contributed by atoms with Gasteiger partial charge < -0.3 is 15.3 Å². The molecule has 1 heterocycles. The van der Waals surface area contributed by atoms with Crippen molar-refractivity contribution in [3.05, 3.63) is 33.6 Å². The zero-order valence-corrected chi connectivity index (χ0v) is 15.0. The lowest BCUT2D eigenvalue weighted by atomic mass is 9.96. The third-order valence-corrected chi connectivity index (χ3v) is 5.34. The van der Waals surface area contributed by atoms with E-state index >= 15 is 0 Å². The molecule has 0 bridgehead atoms. The molecule has 0 atom stereocenters. The van der Waals surface area contributed by atoms with E-state index in [9.17, 15) is 15.3 Å². The number of thiazole rings is 1.